The summed E-state index contributed by atoms with van der Waals surface area (Å²) in [6.45, 7) is 2.35. The second-order valence-electron chi connectivity index (χ2n) is 4.07. The van der Waals surface area contributed by atoms with Gasteiger partial charge in [0.05, 0.1) is 0 Å². The molecule has 0 aliphatic heterocycles. The topological polar surface area (TPSA) is 97.1 Å². The van der Waals surface area contributed by atoms with Gasteiger partial charge in [0, 0.05) is 22.5 Å². The van der Waals surface area contributed by atoms with Crippen LogP contribution < -0.4 is 16.0 Å². The third kappa shape index (κ3) is 3.54. The Bertz CT molecular complexity index is 665. The van der Waals surface area contributed by atoms with Crippen LogP contribution in [0.5, 0.6) is 0 Å². The van der Waals surface area contributed by atoms with E-state index < -0.39 is 10.0 Å². The van der Waals surface area contributed by atoms with Crippen molar-refractivity contribution < 1.29 is 8.42 Å². The zero-order valence-corrected chi connectivity index (χ0v) is 12.6. The van der Waals surface area contributed by atoms with E-state index in [1.807, 2.05) is 12.1 Å². The lowest BCUT2D eigenvalue weighted by molar-refractivity contribution is 0.581. The molecule has 0 fully saturated rings. The van der Waals surface area contributed by atoms with E-state index in [-0.39, 0.29) is 11.4 Å². The summed E-state index contributed by atoms with van der Waals surface area (Å²) in [6.07, 6.45) is 2.22. The summed E-state index contributed by atoms with van der Waals surface area (Å²) in [5.74, 6) is 5.59. The van der Waals surface area contributed by atoms with Gasteiger partial charge >= 0.3 is 0 Å². The fourth-order valence-electron chi connectivity index (χ4n) is 1.58. The number of hydrogen-bond acceptors (Lipinski definition) is 6. The average Bonchev–Trinajstić information content (AvgIpc) is 2.93. The highest BCUT2D eigenvalue weighted by molar-refractivity contribution is 7.89. The standard InChI is InChI=1S/C12H16N4O2S2/c1-2-9-3-4-10(19-9)7-15-20(17,18)11-5-6-12(16-13)14-8-11/h3-6,8,15H,2,7,13H2,1H3,(H,14,16). The molecule has 0 radical (unpaired) electrons. The van der Waals surface area contributed by atoms with Crippen LogP contribution in [0.15, 0.2) is 35.4 Å². The smallest absolute Gasteiger partial charge is 0.242 e. The van der Waals surface area contributed by atoms with E-state index in [9.17, 15) is 8.42 Å². The van der Waals surface area contributed by atoms with E-state index in [2.05, 4.69) is 22.1 Å². The van der Waals surface area contributed by atoms with Gasteiger partial charge in [-0.05, 0) is 30.7 Å². The summed E-state index contributed by atoms with van der Waals surface area (Å²) < 4.78 is 26.7. The zero-order valence-electron chi connectivity index (χ0n) is 11.0. The third-order valence-corrected chi connectivity index (χ3v) is 5.31. The Labute approximate surface area is 122 Å². The minimum atomic E-state index is -3.56. The molecule has 0 aromatic carbocycles. The van der Waals surface area contributed by atoms with Crippen molar-refractivity contribution in [1.29, 1.82) is 0 Å². The minimum Gasteiger partial charge on any atom is -0.308 e. The van der Waals surface area contributed by atoms with Crippen LogP contribution in [0.25, 0.3) is 0 Å². The van der Waals surface area contributed by atoms with Crippen molar-refractivity contribution in [2.45, 2.75) is 24.8 Å². The quantitative estimate of drug-likeness (QED) is 0.554. The molecular weight excluding hydrogens is 296 g/mol. The van der Waals surface area contributed by atoms with E-state index in [4.69, 9.17) is 5.84 Å². The van der Waals surface area contributed by atoms with E-state index in [0.29, 0.717) is 5.82 Å². The SMILES string of the molecule is CCc1ccc(CNS(=O)(=O)c2ccc(NN)nc2)s1. The van der Waals surface area contributed by atoms with Crippen molar-refractivity contribution in [1.82, 2.24) is 9.71 Å². The monoisotopic (exact) mass is 312 g/mol. The molecule has 8 heteroatoms. The van der Waals surface area contributed by atoms with E-state index >= 15 is 0 Å². The number of aryl methyl sites for hydroxylation is 1. The lowest BCUT2D eigenvalue weighted by Gasteiger charge is -2.06. The molecule has 0 amide bonds. The fourth-order valence-corrected chi connectivity index (χ4v) is 3.52. The first-order valence-electron chi connectivity index (χ1n) is 6.05. The lowest BCUT2D eigenvalue weighted by atomic mass is 10.4. The maximum Gasteiger partial charge on any atom is 0.242 e. The Morgan fingerprint density at radius 3 is 2.55 bits per heavy atom. The van der Waals surface area contributed by atoms with Crippen molar-refractivity contribution in [2.75, 3.05) is 5.43 Å². The molecule has 0 unspecified atom stereocenters. The summed E-state index contributed by atoms with van der Waals surface area (Å²) >= 11 is 1.61. The third-order valence-electron chi connectivity index (χ3n) is 2.70. The molecule has 0 bridgehead atoms. The van der Waals surface area contributed by atoms with Crippen LogP contribution in [0.3, 0.4) is 0 Å². The summed E-state index contributed by atoms with van der Waals surface area (Å²) in [4.78, 5) is 6.22. The number of nitrogens with one attached hydrogen (secondary N) is 2. The van der Waals surface area contributed by atoms with Gasteiger partial charge in [-0.2, -0.15) is 0 Å². The van der Waals surface area contributed by atoms with Crippen LogP contribution in [0.4, 0.5) is 5.82 Å². The number of thiophene rings is 1. The van der Waals surface area contributed by atoms with Gasteiger partial charge in [-0.15, -0.1) is 11.3 Å². The summed E-state index contributed by atoms with van der Waals surface area (Å²) in [7, 11) is -3.56. The van der Waals surface area contributed by atoms with Crippen LogP contribution in [-0.4, -0.2) is 13.4 Å². The fraction of sp³-hybridized carbons (Fsp3) is 0.250. The number of rotatable bonds is 6. The Hall–Kier alpha value is -1.48. The molecule has 108 valence electrons. The predicted octanol–water partition coefficient (Wildman–Crippen LogP) is 1.47. The Morgan fingerprint density at radius 1 is 1.25 bits per heavy atom. The van der Waals surface area contributed by atoms with Crippen LogP contribution in [0.2, 0.25) is 0 Å². The Balaban J connectivity index is 2.06. The predicted molar refractivity (Wildman–Crippen MR) is 79.8 cm³/mol. The number of nitrogens with zero attached hydrogens (tertiary/aromatic N) is 1. The van der Waals surface area contributed by atoms with Crippen LogP contribution in [0, 0.1) is 0 Å². The molecule has 2 rings (SSSR count). The zero-order chi connectivity index (χ0) is 14.6. The molecule has 2 aromatic heterocycles. The van der Waals surface area contributed by atoms with E-state index in [1.165, 1.54) is 23.2 Å². The van der Waals surface area contributed by atoms with Crippen molar-refractivity contribution in [3.8, 4) is 0 Å². The maximum atomic E-state index is 12.1. The van der Waals surface area contributed by atoms with Gasteiger partial charge in [0.1, 0.15) is 10.7 Å². The molecule has 20 heavy (non-hydrogen) atoms. The molecule has 0 saturated carbocycles. The summed E-state index contributed by atoms with van der Waals surface area (Å²) in [6, 6.07) is 6.91. The van der Waals surface area contributed by atoms with Crippen molar-refractivity contribution >= 4 is 27.2 Å². The Morgan fingerprint density at radius 2 is 2.00 bits per heavy atom. The number of anilines is 1. The van der Waals surface area contributed by atoms with Gasteiger partial charge in [-0.25, -0.2) is 24.0 Å². The molecule has 6 nitrogen and oxygen atoms in total. The molecular formula is C12H16N4O2S2. The first kappa shape index (κ1) is 14.9. The highest BCUT2D eigenvalue weighted by Crippen LogP contribution is 2.17. The number of hydrogen-bond donors (Lipinski definition) is 3. The summed E-state index contributed by atoms with van der Waals surface area (Å²) in [5.41, 5.74) is 2.35. The first-order valence-corrected chi connectivity index (χ1v) is 8.35. The number of sulfonamides is 1. The lowest BCUT2D eigenvalue weighted by Crippen LogP contribution is -2.23. The molecule has 0 aliphatic carbocycles. The van der Waals surface area contributed by atoms with Crippen molar-refractivity contribution in [3.05, 3.63) is 40.2 Å². The molecule has 0 aliphatic rings. The number of nitrogen functional groups attached to an aromatic ring is 1. The molecule has 2 aromatic rings. The maximum absolute atomic E-state index is 12.1. The van der Waals surface area contributed by atoms with Gasteiger partial charge in [-0.1, -0.05) is 6.92 Å². The van der Waals surface area contributed by atoms with Gasteiger partial charge in [0.15, 0.2) is 0 Å². The van der Waals surface area contributed by atoms with Gasteiger partial charge in [0.2, 0.25) is 10.0 Å². The van der Waals surface area contributed by atoms with E-state index in [0.717, 1.165) is 11.3 Å². The largest absolute Gasteiger partial charge is 0.308 e. The highest BCUT2D eigenvalue weighted by atomic mass is 32.2. The number of hydrazine groups is 1. The average molecular weight is 312 g/mol. The van der Waals surface area contributed by atoms with Crippen molar-refractivity contribution in [3.63, 3.8) is 0 Å². The van der Waals surface area contributed by atoms with Gasteiger partial charge in [-0.3, -0.25) is 0 Å². The second-order valence-corrected chi connectivity index (χ2v) is 7.09. The molecule has 0 saturated heterocycles. The van der Waals surface area contributed by atoms with Crippen molar-refractivity contribution in [2.24, 2.45) is 5.84 Å². The van der Waals surface area contributed by atoms with Crippen LogP contribution >= 0.6 is 11.3 Å². The van der Waals surface area contributed by atoms with E-state index in [1.54, 1.807) is 11.3 Å². The number of pyridine rings is 1. The molecule has 0 spiro atoms. The normalized spacial score (nSPS) is 11.5. The van der Waals surface area contributed by atoms with Gasteiger partial charge in [0.25, 0.3) is 0 Å². The van der Waals surface area contributed by atoms with Gasteiger partial charge < -0.3 is 5.43 Å². The number of nitrogens with two attached hydrogens (primary N) is 1. The highest BCUT2D eigenvalue weighted by Gasteiger charge is 2.14. The number of aromatic nitrogens is 1. The van der Waals surface area contributed by atoms with Crippen LogP contribution in [-0.2, 0) is 23.0 Å². The minimum absolute atomic E-state index is 0.115. The molecule has 0 atom stereocenters. The molecule has 2 heterocycles. The Kier molecular flexibility index (Phi) is 4.71. The molecule has 4 N–H and O–H groups in total. The first-order chi connectivity index (χ1) is 9.55. The van der Waals surface area contributed by atoms with Crippen LogP contribution in [0.1, 0.15) is 16.7 Å². The summed E-state index contributed by atoms with van der Waals surface area (Å²) in [5, 5.41) is 0. The second kappa shape index (κ2) is 6.31.